The predicted molar refractivity (Wildman–Crippen MR) is 86.2 cm³/mol. The molecule has 1 N–H and O–H groups in total. The Bertz CT molecular complexity index is 664. The summed E-state index contributed by atoms with van der Waals surface area (Å²) in [7, 11) is 0. The van der Waals surface area contributed by atoms with Crippen LogP contribution in [-0.4, -0.2) is 35.7 Å². The Hall–Kier alpha value is -2.37. The van der Waals surface area contributed by atoms with Crippen LogP contribution in [0.15, 0.2) is 33.8 Å². The molecule has 1 aromatic carbocycles. The molecule has 1 aliphatic heterocycles. The lowest BCUT2D eigenvalue weighted by Gasteiger charge is -2.22. The smallest absolute Gasteiger partial charge is 0.228 e. The Morgan fingerprint density at radius 1 is 1.41 bits per heavy atom. The van der Waals surface area contributed by atoms with E-state index >= 15 is 0 Å². The molecule has 0 bridgehead atoms. The Morgan fingerprint density at radius 3 is 3.05 bits per heavy atom. The molecule has 0 spiro atoms. The van der Waals surface area contributed by atoms with Crippen LogP contribution in [0.25, 0.3) is 0 Å². The van der Waals surface area contributed by atoms with E-state index in [-0.39, 0.29) is 0 Å². The number of nitrogens with one attached hydrogen (secondary N) is 1. The van der Waals surface area contributed by atoms with Crippen LogP contribution in [0.5, 0.6) is 0 Å². The molecule has 0 atom stereocenters. The van der Waals surface area contributed by atoms with Crippen LogP contribution in [0.2, 0.25) is 0 Å². The Kier molecular flexibility index (Phi) is 4.37. The third-order valence-corrected chi connectivity index (χ3v) is 3.63. The minimum absolute atomic E-state index is 0.628. The summed E-state index contributed by atoms with van der Waals surface area (Å²) in [4.78, 5) is 11.2. The minimum atomic E-state index is 0.628. The highest BCUT2D eigenvalue weighted by molar-refractivity contribution is 5.97. The molecule has 0 aliphatic carbocycles. The first-order valence-corrected chi connectivity index (χ1v) is 7.71. The van der Waals surface area contributed by atoms with Crippen molar-refractivity contribution in [1.29, 1.82) is 0 Å². The zero-order chi connectivity index (χ0) is 15.4. The molecule has 22 heavy (non-hydrogen) atoms. The number of hydrogen-bond acceptors (Lipinski definition) is 4. The van der Waals surface area contributed by atoms with Crippen molar-refractivity contribution in [3.8, 4) is 0 Å². The fraction of sp³-hybridized carbons (Fsp3) is 0.438. The van der Waals surface area contributed by atoms with Crippen LogP contribution >= 0.6 is 0 Å². The van der Waals surface area contributed by atoms with E-state index in [2.05, 4.69) is 51.5 Å². The van der Waals surface area contributed by atoms with Crippen molar-refractivity contribution in [2.45, 2.75) is 26.7 Å². The lowest BCUT2D eigenvalue weighted by atomic mass is 10.2. The highest BCUT2D eigenvalue weighted by atomic mass is 16.5. The van der Waals surface area contributed by atoms with Crippen LogP contribution in [0.4, 0.5) is 5.69 Å². The summed E-state index contributed by atoms with van der Waals surface area (Å²) in [6.45, 7) is 6.34. The first kappa shape index (κ1) is 14.6. The summed E-state index contributed by atoms with van der Waals surface area (Å²) in [6, 6.07) is 8.49. The zero-order valence-electron chi connectivity index (χ0n) is 13.0. The zero-order valence-corrected chi connectivity index (χ0v) is 13.0. The normalized spacial score (nSPS) is 14.3. The molecule has 0 amide bonds. The molecule has 1 aliphatic rings. The third-order valence-electron chi connectivity index (χ3n) is 3.63. The van der Waals surface area contributed by atoms with E-state index in [4.69, 9.17) is 9.52 Å². The van der Waals surface area contributed by atoms with Crippen molar-refractivity contribution >= 4 is 11.6 Å². The Labute approximate surface area is 130 Å². The number of guanidine groups is 1. The monoisotopic (exact) mass is 299 g/mol. The fourth-order valence-electron chi connectivity index (χ4n) is 2.65. The van der Waals surface area contributed by atoms with Crippen molar-refractivity contribution in [2.75, 3.05) is 24.5 Å². The minimum Gasteiger partial charge on any atom is -0.356 e. The molecular weight excluding hydrogens is 278 g/mol. The van der Waals surface area contributed by atoms with Gasteiger partial charge in [-0.1, -0.05) is 23.4 Å². The number of benzene rings is 1. The summed E-state index contributed by atoms with van der Waals surface area (Å²) < 4.78 is 5.12. The predicted octanol–water partition coefficient (Wildman–Crippen LogP) is 1.95. The van der Waals surface area contributed by atoms with Crippen LogP contribution in [-0.2, 0) is 12.8 Å². The number of aryl methyl sites for hydroxylation is 1. The molecule has 0 radical (unpaired) electrons. The van der Waals surface area contributed by atoms with Crippen molar-refractivity contribution in [1.82, 2.24) is 15.5 Å². The van der Waals surface area contributed by atoms with Crippen molar-refractivity contribution in [3.05, 3.63) is 41.5 Å². The maximum atomic E-state index is 5.12. The van der Waals surface area contributed by atoms with Gasteiger partial charge in [0.1, 0.15) is 0 Å². The van der Waals surface area contributed by atoms with E-state index < -0.39 is 0 Å². The van der Waals surface area contributed by atoms with Crippen LogP contribution in [0.1, 0.15) is 24.2 Å². The number of rotatable bonds is 4. The van der Waals surface area contributed by atoms with Gasteiger partial charge in [0.2, 0.25) is 5.89 Å². The SMILES string of the molecule is CCNC(=NCCc1nc(C)no1)N1CCc2ccccc21. The van der Waals surface area contributed by atoms with Gasteiger partial charge in [0.05, 0.1) is 6.54 Å². The van der Waals surface area contributed by atoms with E-state index in [9.17, 15) is 0 Å². The van der Waals surface area contributed by atoms with Gasteiger partial charge in [0.15, 0.2) is 11.8 Å². The van der Waals surface area contributed by atoms with Crippen LogP contribution in [0.3, 0.4) is 0 Å². The van der Waals surface area contributed by atoms with Gasteiger partial charge in [0.25, 0.3) is 0 Å². The summed E-state index contributed by atoms with van der Waals surface area (Å²) in [5.41, 5.74) is 2.62. The van der Waals surface area contributed by atoms with E-state index in [1.807, 2.05) is 6.92 Å². The number of anilines is 1. The number of nitrogens with zero attached hydrogens (tertiary/aromatic N) is 4. The molecule has 3 rings (SSSR count). The topological polar surface area (TPSA) is 66.5 Å². The largest absolute Gasteiger partial charge is 0.356 e. The second-order valence-corrected chi connectivity index (χ2v) is 5.25. The summed E-state index contributed by atoms with van der Waals surface area (Å²) in [5, 5.41) is 7.16. The maximum Gasteiger partial charge on any atom is 0.228 e. The summed E-state index contributed by atoms with van der Waals surface area (Å²) in [6.07, 6.45) is 1.72. The highest BCUT2D eigenvalue weighted by Crippen LogP contribution is 2.27. The molecule has 116 valence electrons. The van der Waals surface area contributed by atoms with E-state index in [0.29, 0.717) is 24.7 Å². The first-order chi connectivity index (χ1) is 10.8. The van der Waals surface area contributed by atoms with Gasteiger partial charge in [-0.25, -0.2) is 0 Å². The molecule has 0 unspecified atom stereocenters. The number of fused-ring (bicyclic) bond motifs is 1. The van der Waals surface area contributed by atoms with Gasteiger partial charge in [-0.15, -0.1) is 0 Å². The second kappa shape index (κ2) is 6.60. The lowest BCUT2D eigenvalue weighted by Crippen LogP contribution is -2.40. The van der Waals surface area contributed by atoms with Crippen molar-refractivity contribution in [3.63, 3.8) is 0 Å². The van der Waals surface area contributed by atoms with Crippen LogP contribution in [0, 0.1) is 6.92 Å². The second-order valence-electron chi connectivity index (χ2n) is 5.25. The van der Waals surface area contributed by atoms with Gasteiger partial charge in [-0.3, -0.25) is 4.99 Å². The molecule has 0 saturated heterocycles. The summed E-state index contributed by atoms with van der Waals surface area (Å²) in [5.74, 6) is 2.22. The van der Waals surface area contributed by atoms with Gasteiger partial charge in [0, 0.05) is 25.2 Å². The molecule has 0 saturated carbocycles. The standard InChI is InChI=1S/C16H21N5O/c1-3-17-16(18-10-8-15-19-12(2)20-22-15)21-11-9-13-6-4-5-7-14(13)21/h4-7H,3,8-11H2,1-2H3,(H,17,18). The fourth-order valence-corrected chi connectivity index (χ4v) is 2.65. The van der Waals surface area contributed by atoms with E-state index in [1.165, 1.54) is 11.3 Å². The maximum absolute atomic E-state index is 5.12. The lowest BCUT2D eigenvalue weighted by molar-refractivity contribution is 0.376. The van der Waals surface area contributed by atoms with E-state index in [1.54, 1.807) is 0 Å². The summed E-state index contributed by atoms with van der Waals surface area (Å²) >= 11 is 0. The van der Waals surface area contributed by atoms with Gasteiger partial charge < -0.3 is 14.7 Å². The Morgan fingerprint density at radius 2 is 2.27 bits per heavy atom. The van der Waals surface area contributed by atoms with Crippen LogP contribution < -0.4 is 10.2 Å². The molecule has 6 nitrogen and oxygen atoms in total. The van der Waals surface area contributed by atoms with Crippen molar-refractivity contribution in [2.24, 2.45) is 4.99 Å². The average Bonchev–Trinajstić information content (AvgIpc) is 3.13. The molecule has 1 aromatic heterocycles. The average molecular weight is 299 g/mol. The van der Waals surface area contributed by atoms with Gasteiger partial charge in [-0.2, -0.15) is 4.98 Å². The molecule has 2 heterocycles. The number of para-hydroxylation sites is 1. The molecule has 0 fully saturated rings. The van der Waals surface area contributed by atoms with E-state index in [0.717, 1.165) is 25.5 Å². The van der Waals surface area contributed by atoms with Crippen molar-refractivity contribution < 1.29 is 4.52 Å². The quantitative estimate of drug-likeness (QED) is 0.690. The Balaban J connectivity index is 1.71. The third kappa shape index (κ3) is 3.10. The number of hydrogen-bond donors (Lipinski definition) is 1. The number of aromatic nitrogens is 2. The van der Waals surface area contributed by atoms with Gasteiger partial charge in [-0.05, 0) is 31.9 Å². The molecule has 6 heteroatoms. The first-order valence-electron chi connectivity index (χ1n) is 7.71. The highest BCUT2D eigenvalue weighted by Gasteiger charge is 2.22. The number of aliphatic imine (C=N–C) groups is 1. The molecular formula is C16H21N5O. The van der Waals surface area contributed by atoms with Gasteiger partial charge >= 0.3 is 0 Å². The molecule has 2 aromatic rings.